The molecule has 1 rings (SSSR count). The molecule has 1 atom stereocenters. The number of carbonyl (C=O) groups is 1. The van der Waals surface area contributed by atoms with E-state index in [1.807, 2.05) is 0 Å². The van der Waals surface area contributed by atoms with Gasteiger partial charge in [0.15, 0.2) is 5.78 Å². The smallest absolute Gasteiger partial charge is 0.165 e. The molecule has 0 heterocycles. The van der Waals surface area contributed by atoms with Crippen molar-refractivity contribution in [3.8, 4) is 5.75 Å². The zero-order valence-corrected chi connectivity index (χ0v) is 11.1. The number of ketones is 1. The summed E-state index contributed by atoms with van der Waals surface area (Å²) in [6.45, 7) is 2.08. The van der Waals surface area contributed by atoms with Crippen LogP contribution in [0.2, 0.25) is 0 Å². The van der Waals surface area contributed by atoms with E-state index in [4.69, 9.17) is 4.74 Å². The van der Waals surface area contributed by atoms with Gasteiger partial charge in [0.1, 0.15) is 11.9 Å². The lowest BCUT2D eigenvalue weighted by Gasteiger charge is -2.07. The van der Waals surface area contributed by atoms with Gasteiger partial charge in [0.05, 0.1) is 7.11 Å². The number of methoxy groups -OCH3 is 1. The predicted octanol–water partition coefficient (Wildman–Crippen LogP) is 4.19. The van der Waals surface area contributed by atoms with Crippen LogP contribution in [0.5, 0.6) is 5.75 Å². The van der Waals surface area contributed by atoms with Crippen LogP contribution in [0.15, 0.2) is 24.3 Å². The molecule has 0 aliphatic carbocycles. The lowest BCUT2D eigenvalue weighted by molar-refractivity contribution is 0.0942. The lowest BCUT2D eigenvalue weighted by atomic mass is 10.0. The van der Waals surface area contributed by atoms with Gasteiger partial charge in [-0.05, 0) is 30.7 Å². The first kappa shape index (κ1) is 14.7. The van der Waals surface area contributed by atoms with Crippen LogP contribution in [0.3, 0.4) is 0 Å². The molecule has 0 aliphatic heterocycles. The number of carbonyl (C=O) groups excluding carboxylic acids is 1. The quantitative estimate of drug-likeness (QED) is 0.512. The zero-order chi connectivity index (χ0) is 13.4. The molecule has 1 unspecified atom stereocenters. The van der Waals surface area contributed by atoms with Crippen molar-refractivity contribution in [2.75, 3.05) is 7.11 Å². The summed E-state index contributed by atoms with van der Waals surface area (Å²) in [5.41, 5.74) is 0.550. The minimum absolute atomic E-state index is 0.0178. The zero-order valence-electron chi connectivity index (χ0n) is 11.1. The molecule has 0 saturated carbocycles. The van der Waals surface area contributed by atoms with E-state index in [1.165, 1.54) is 0 Å². The van der Waals surface area contributed by atoms with E-state index in [9.17, 15) is 9.18 Å². The van der Waals surface area contributed by atoms with Crippen molar-refractivity contribution in [3.63, 3.8) is 0 Å². The minimum atomic E-state index is -1.02. The Kier molecular flexibility index (Phi) is 6.40. The van der Waals surface area contributed by atoms with Gasteiger partial charge < -0.3 is 4.74 Å². The average Bonchev–Trinajstić information content (AvgIpc) is 2.39. The van der Waals surface area contributed by atoms with Gasteiger partial charge >= 0.3 is 0 Å². The SMILES string of the molecule is CCCCCC(F)CC(=O)c1ccc(OC)cc1. The molecule has 0 aromatic heterocycles. The second-order valence-electron chi connectivity index (χ2n) is 4.45. The highest BCUT2D eigenvalue weighted by Gasteiger charge is 2.14. The third kappa shape index (κ3) is 4.86. The molecule has 100 valence electrons. The molecule has 0 N–H and O–H groups in total. The molecule has 0 spiro atoms. The highest BCUT2D eigenvalue weighted by Crippen LogP contribution is 2.16. The molecule has 2 nitrogen and oxygen atoms in total. The van der Waals surface area contributed by atoms with Crippen molar-refractivity contribution < 1.29 is 13.9 Å². The van der Waals surface area contributed by atoms with E-state index in [0.29, 0.717) is 17.7 Å². The summed E-state index contributed by atoms with van der Waals surface area (Å²) in [7, 11) is 1.57. The van der Waals surface area contributed by atoms with Gasteiger partial charge in [-0.2, -0.15) is 0 Å². The van der Waals surface area contributed by atoms with Gasteiger partial charge in [-0.25, -0.2) is 4.39 Å². The van der Waals surface area contributed by atoms with E-state index < -0.39 is 6.17 Å². The van der Waals surface area contributed by atoms with Crippen molar-refractivity contribution >= 4 is 5.78 Å². The van der Waals surface area contributed by atoms with E-state index >= 15 is 0 Å². The van der Waals surface area contributed by atoms with Gasteiger partial charge in [0, 0.05) is 12.0 Å². The van der Waals surface area contributed by atoms with E-state index in [2.05, 4.69) is 6.92 Å². The standard InChI is InChI=1S/C15H21FO2/c1-3-4-5-6-13(16)11-15(17)12-7-9-14(18-2)10-8-12/h7-10,13H,3-6,11H2,1-2H3. The maximum Gasteiger partial charge on any atom is 0.165 e. The summed E-state index contributed by atoms with van der Waals surface area (Å²) >= 11 is 0. The second-order valence-corrected chi connectivity index (χ2v) is 4.45. The van der Waals surface area contributed by atoms with Crippen LogP contribution >= 0.6 is 0 Å². The monoisotopic (exact) mass is 252 g/mol. The summed E-state index contributed by atoms with van der Waals surface area (Å²) in [4.78, 5) is 11.8. The second kappa shape index (κ2) is 7.85. The summed E-state index contributed by atoms with van der Waals surface area (Å²) in [6, 6.07) is 6.80. The number of unbranched alkanes of at least 4 members (excludes halogenated alkanes) is 2. The van der Waals surface area contributed by atoms with E-state index in [1.54, 1.807) is 31.4 Å². The molecule has 0 bridgehead atoms. The topological polar surface area (TPSA) is 26.3 Å². The van der Waals surface area contributed by atoms with Crippen molar-refractivity contribution in [2.24, 2.45) is 0 Å². The highest BCUT2D eigenvalue weighted by atomic mass is 19.1. The number of alkyl halides is 1. The molecule has 0 amide bonds. The molecule has 3 heteroatoms. The Balaban J connectivity index is 2.43. The Morgan fingerprint density at radius 2 is 1.94 bits per heavy atom. The van der Waals surface area contributed by atoms with Crippen molar-refractivity contribution in [1.29, 1.82) is 0 Å². The molecule has 0 radical (unpaired) electrons. The van der Waals surface area contributed by atoms with Crippen molar-refractivity contribution in [2.45, 2.75) is 45.2 Å². The van der Waals surface area contributed by atoms with Crippen molar-refractivity contribution in [1.82, 2.24) is 0 Å². The number of hydrogen-bond donors (Lipinski definition) is 0. The maximum atomic E-state index is 13.6. The van der Waals surface area contributed by atoms with Crippen LogP contribution in [0.25, 0.3) is 0 Å². The van der Waals surface area contributed by atoms with Crippen LogP contribution < -0.4 is 4.74 Å². The summed E-state index contributed by atoms with van der Waals surface area (Å²) in [5.74, 6) is 0.563. The Morgan fingerprint density at radius 1 is 1.28 bits per heavy atom. The molecule has 0 aliphatic rings. The van der Waals surface area contributed by atoms with Gasteiger partial charge in [-0.15, -0.1) is 0 Å². The van der Waals surface area contributed by atoms with Crippen LogP contribution in [-0.2, 0) is 0 Å². The third-order valence-corrected chi connectivity index (χ3v) is 2.94. The fourth-order valence-electron chi connectivity index (χ4n) is 1.81. The molecule has 0 fully saturated rings. The molecule has 1 aromatic carbocycles. The molecular weight excluding hydrogens is 231 g/mol. The van der Waals surface area contributed by atoms with Crippen LogP contribution in [0, 0.1) is 0 Å². The number of rotatable bonds is 8. The van der Waals surface area contributed by atoms with Crippen molar-refractivity contribution in [3.05, 3.63) is 29.8 Å². The number of hydrogen-bond acceptors (Lipinski definition) is 2. The molecule has 0 saturated heterocycles. The Bertz CT molecular complexity index is 359. The first-order valence-electron chi connectivity index (χ1n) is 6.48. The number of ether oxygens (including phenoxy) is 1. The Morgan fingerprint density at radius 3 is 2.50 bits per heavy atom. The maximum absolute atomic E-state index is 13.6. The van der Waals surface area contributed by atoms with Gasteiger partial charge in [-0.3, -0.25) is 4.79 Å². The number of halogens is 1. The Labute approximate surface area is 108 Å². The van der Waals surface area contributed by atoms with E-state index in [0.717, 1.165) is 19.3 Å². The molecule has 18 heavy (non-hydrogen) atoms. The van der Waals surface area contributed by atoms with Crippen LogP contribution in [0.1, 0.15) is 49.4 Å². The van der Waals surface area contributed by atoms with Crippen LogP contribution in [-0.4, -0.2) is 19.1 Å². The minimum Gasteiger partial charge on any atom is -0.497 e. The lowest BCUT2D eigenvalue weighted by Crippen LogP contribution is -2.09. The van der Waals surface area contributed by atoms with E-state index in [-0.39, 0.29) is 12.2 Å². The number of benzene rings is 1. The first-order valence-corrected chi connectivity index (χ1v) is 6.48. The first-order chi connectivity index (χ1) is 8.67. The highest BCUT2D eigenvalue weighted by molar-refractivity contribution is 5.96. The fourth-order valence-corrected chi connectivity index (χ4v) is 1.81. The molecule has 1 aromatic rings. The summed E-state index contributed by atoms with van der Waals surface area (Å²) < 4.78 is 18.6. The largest absolute Gasteiger partial charge is 0.497 e. The summed E-state index contributed by atoms with van der Waals surface area (Å²) in [5, 5.41) is 0. The predicted molar refractivity (Wildman–Crippen MR) is 71.0 cm³/mol. The fraction of sp³-hybridized carbons (Fsp3) is 0.533. The third-order valence-electron chi connectivity index (χ3n) is 2.94. The Hall–Kier alpha value is -1.38. The average molecular weight is 252 g/mol. The van der Waals surface area contributed by atoms with Gasteiger partial charge in [-0.1, -0.05) is 26.2 Å². The molecular formula is C15H21FO2. The van der Waals surface area contributed by atoms with Gasteiger partial charge in [0.25, 0.3) is 0 Å². The van der Waals surface area contributed by atoms with Crippen LogP contribution in [0.4, 0.5) is 4.39 Å². The van der Waals surface area contributed by atoms with Gasteiger partial charge in [0.2, 0.25) is 0 Å². The number of Topliss-reactive ketones (excluding diaryl/α,β-unsaturated/α-hetero) is 1. The normalized spacial score (nSPS) is 12.2. The summed E-state index contributed by atoms with van der Waals surface area (Å²) in [6.07, 6.45) is 2.39.